The van der Waals surface area contributed by atoms with Gasteiger partial charge in [-0.15, -0.1) is 0 Å². The molecule has 0 aliphatic carbocycles. The molecule has 3 aromatic rings. The molecular formula is C37H56O5. The van der Waals surface area contributed by atoms with E-state index in [9.17, 15) is 0 Å². The zero-order valence-corrected chi connectivity index (χ0v) is 28.6. The predicted octanol–water partition coefficient (Wildman–Crippen LogP) is 9.38. The lowest BCUT2D eigenvalue weighted by atomic mass is 9.98. The minimum atomic E-state index is 0.654. The molecule has 5 heteroatoms. The molecule has 0 spiro atoms. The highest BCUT2D eigenvalue weighted by atomic mass is 16.5. The van der Waals surface area contributed by atoms with Gasteiger partial charge in [0.1, 0.15) is 5.75 Å². The maximum atomic E-state index is 5.29. The smallest absolute Gasteiger partial charge is 0.161 e. The third-order valence-corrected chi connectivity index (χ3v) is 7.02. The highest BCUT2D eigenvalue weighted by molar-refractivity contribution is 5.48. The summed E-state index contributed by atoms with van der Waals surface area (Å²) in [5.74, 6) is 5.57. The Morgan fingerprint density at radius 3 is 1.31 bits per heavy atom. The molecule has 0 N–H and O–H groups in total. The lowest BCUT2D eigenvalue weighted by Gasteiger charge is -2.13. The molecule has 0 bridgehead atoms. The van der Waals surface area contributed by atoms with Crippen molar-refractivity contribution in [2.75, 3.05) is 35.5 Å². The van der Waals surface area contributed by atoms with Crippen LogP contribution in [0.1, 0.15) is 74.4 Å². The van der Waals surface area contributed by atoms with Crippen LogP contribution in [0, 0.1) is 32.6 Å². The minimum absolute atomic E-state index is 0.654. The van der Waals surface area contributed by atoms with Gasteiger partial charge in [-0.1, -0.05) is 47.1 Å². The SMILES string of the molecule is CCCc1cc(OC)c(OC)cc1C.COc1cc(C)c(CC(C)C)cc1OC.COc1ccc(C)c(CC(C)C)c1. The topological polar surface area (TPSA) is 46.2 Å². The van der Waals surface area contributed by atoms with E-state index < -0.39 is 0 Å². The monoisotopic (exact) mass is 580 g/mol. The van der Waals surface area contributed by atoms with E-state index in [-0.39, 0.29) is 0 Å². The fraction of sp³-hybridized carbons (Fsp3) is 0.514. The van der Waals surface area contributed by atoms with E-state index in [1.165, 1.54) is 33.4 Å². The number of rotatable bonds is 11. The molecule has 0 saturated carbocycles. The second-order valence-corrected chi connectivity index (χ2v) is 11.5. The molecule has 0 radical (unpaired) electrons. The van der Waals surface area contributed by atoms with E-state index in [2.05, 4.69) is 79.7 Å². The van der Waals surface area contributed by atoms with Crippen LogP contribution in [0.2, 0.25) is 0 Å². The zero-order chi connectivity index (χ0) is 31.8. The summed E-state index contributed by atoms with van der Waals surface area (Å²) in [6, 6.07) is 14.5. The third-order valence-electron chi connectivity index (χ3n) is 7.02. The molecule has 0 heterocycles. The van der Waals surface area contributed by atoms with Gasteiger partial charge in [-0.25, -0.2) is 0 Å². The average Bonchev–Trinajstić information content (AvgIpc) is 2.96. The number of hydrogen-bond donors (Lipinski definition) is 0. The van der Waals surface area contributed by atoms with Gasteiger partial charge in [-0.05, 0) is 122 Å². The van der Waals surface area contributed by atoms with E-state index in [4.69, 9.17) is 23.7 Å². The summed E-state index contributed by atoms with van der Waals surface area (Å²) in [7, 11) is 8.38. The Balaban J connectivity index is 0.000000316. The van der Waals surface area contributed by atoms with Gasteiger partial charge >= 0.3 is 0 Å². The Bertz CT molecular complexity index is 1210. The maximum Gasteiger partial charge on any atom is 0.161 e. The quantitative estimate of drug-likeness (QED) is 0.226. The molecule has 0 fully saturated rings. The Morgan fingerprint density at radius 1 is 0.500 bits per heavy atom. The zero-order valence-electron chi connectivity index (χ0n) is 28.6. The van der Waals surface area contributed by atoms with Crippen LogP contribution < -0.4 is 23.7 Å². The first-order chi connectivity index (χ1) is 19.9. The third kappa shape index (κ3) is 11.9. The molecule has 0 unspecified atom stereocenters. The number of hydrogen-bond acceptors (Lipinski definition) is 5. The van der Waals surface area contributed by atoms with Crippen LogP contribution in [-0.4, -0.2) is 35.5 Å². The van der Waals surface area contributed by atoms with E-state index in [0.717, 1.165) is 54.4 Å². The van der Waals surface area contributed by atoms with Crippen LogP contribution >= 0.6 is 0 Å². The lowest BCUT2D eigenvalue weighted by molar-refractivity contribution is 0.354. The lowest BCUT2D eigenvalue weighted by Crippen LogP contribution is -1.99. The summed E-state index contributed by atoms with van der Waals surface area (Å²) < 4.78 is 26.2. The van der Waals surface area contributed by atoms with Crippen molar-refractivity contribution in [3.05, 3.63) is 75.8 Å². The number of aryl methyl sites for hydroxylation is 4. The highest BCUT2D eigenvalue weighted by Gasteiger charge is 2.10. The maximum absolute atomic E-state index is 5.29. The van der Waals surface area contributed by atoms with Crippen molar-refractivity contribution in [2.24, 2.45) is 11.8 Å². The van der Waals surface area contributed by atoms with Crippen molar-refractivity contribution >= 4 is 0 Å². The predicted molar refractivity (Wildman–Crippen MR) is 177 cm³/mol. The van der Waals surface area contributed by atoms with Crippen molar-refractivity contribution < 1.29 is 23.7 Å². The Kier molecular flexibility index (Phi) is 16.6. The summed E-state index contributed by atoms with van der Waals surface area (Å²) in [4.78, 5) is 0. The van der Waals surface area contributed by atoms with Crippen LogP contribution in [0.3, 0.4) is 0 Å². The van der Waals surface area contributed by atoms with Crippen LogP contribution in [-0.2, 0) is 19.3 Å². The summed E-state index contributed by atoms with van der Waals surface area (Å²) in [5, 5.41) is 0. The van der Waals surface area contributed by atoms with Gasteiger partial charge in [0.25, 0.3) is 0 Å². The van der Waals surface area contributed by atoms with Crippen molar-refractivity contribution in [2.45, 2.75) is 81.1 Å². The van der Waals surface area contributed by atoms with Gasteiger partial charge in [-0.2, -0.15) is 0 Å². The Hall–Kier alpha value is -3.34. The standard InChI is InChI=1S/C13H20O2.C12H18O2.C12H18O/c1-9(2)6-11-8-13(15-5)12(14-4)7-10(11)3;1-5-6-10-8-12(14-4)11(13-3)7-9(10)2;1-9(2)7-11-8-12(13-4)6-5-10(11)3/h7-9H,6H2,1-5H3;7-8H,5-6H2,1-4H3;5-6,8-9H,7H2,1-4H3. The van der Waals surface area contributed by atoms with Gasteiger partial charge in [0.05, 0.1) is 35.5 Å². The van der Waals surface area contributed by atoms with Crippen LogP contribution in [0.5, 0.6) is 28.7 Å². The Morgan fingerprint density at radius 2 is 0.905 bits per heavy atom. The molecule has 42 heavy (non-hydrogen) atoms. The molecule has 3 rings (SSSR count). The van der Waals surface area contributed by atoms with Crippen molar-refractivity contribution in [3.8, 4) is 28.7 Å². The fourth-order valence-corrected chi connectivity index (χ4v) is 4.68. The largest absolute Gasteiger partial charge is 0.497 e. The van der Waals surface area contributed by atoms with Gasteiger partial charge in [0, 0.05) is 0 Å². The highest BCUT2D eigenvalue weighted by Crippen LogP contribution is 2.32. The van der Waals surface area contributed by atoms with Crippen LogP contribution in [0.15, 0.2) is 42.5 Å². The summed E-state index contributed by atoms with van der Waals surface area (Å²) in [6.45, 7) is 17.4. The normalized spacial score (nSPS) is 10.4. The number of ether oxygens (including phenoxy) is 5. The van der Waals surface area contributed by atoms with Crippen molar-refractivity contribution in [1.29, 1.82) is 0 Å². The van der Waals surface area contributed by atoms with E-state index in [0.29, 0.717) is 11.8 Å². The molecule has 5 nitrogen and oxygen atoms in total. The summed E-state index contributed by atoms with van der Waals surface area (Å²) >= 11 is 0. The van der Waals surface area contributed by atoms with Gasteiger partial charge < -0.3 is 23.7 Å². The molecule has 3 aromatic carbocycles. The molecule has 0 aliphatic heterocycles. The second kappa shape index (κ2) is 19.0. The first-order valence-corrected chi connectivity index (χ1v) is 15.0. The van der Waals surface area contributed by atoms with Crippen LogP contribution in [0.4, 0.5) is 0 Å². The second-order valence-electron chi connectivity index (χ2n) is 11.5. The van der Waals surface area contributed by atoms with Gasteiger partial charge in [-0.3, -0.25) is 0 Å². The molecule has 0 saturated heterocycles. The van der Waals surface area contributed by atoms with E-state index in [1.54, 1.807) is 35.5 Å². The van der Waals surface area contributed by atoms with Crippen molar-refractivity contribution in [1.82, 2.24) is 0 Å². The van der Waals surface area contributed by atoms with Crippen molar-refractivity contribution in [3.63, 3.8) is 0 Å². The molecular weight excluding hydrogens is 524 g/mol. The summed E-state index contributed by atoms with van der Waals surface area (Å²) in [6.07, 6.45) is 4.44. The molecule has 0 amide bonds. The number of methoxy groups -OCH3 is 5. The average molecular weight is 581 g/mol. The molecule has 234 valence electrons. The molecule has 0 aliphatic rings. The number of benzene rings is 3. The summed E-state index contributed by atoms with van der Waals surface area (Å²) in [5.41, 5.74) is 7.96. The van der Waals surface area contributed by atoms with E-state index in [1.807, 2.05) is 18.2 Å². The molecule has 0 atom stereocenters. The Labute approximate surface area is 256 Å². The van der Waals surface area contributed by atoms with Gasteiger partial charge in [0.15, 0.2) is 23.0 Å². The first-order valence-electron chi connectivity index (χ1n) is 15.0. The van der Waals surface area contributed by atoms with Crippen LogP contribution in [0.25, 0.3) is 0 Å². The van der Waals surface area contributed by atoms with Gasteiger partial charge in [0.2, 0.25) is 0 Å². The first kappa shape index (κ1) is 36.7. The van der Waals surface area contributed by atoms with E-state index >= 15 is 0 Å². The molecule has 0 aromatic heterocycles. The minimum Gasteiger partial charge on any atom is -0.497 e. The fourth-order valence-electron chi connectivity index (χ4n) is 4.68.